The number of alkyl halides is 1. The maximum absolute atomic E-state index is 13.0. The molecular formula is C21H28FN3O5. The first-order chi connectivity index (χ1) is 14.3. The molecule has 30 heavy (non-hydrogen) atoms. The van der Waals surface area contributed by atoms with Crippen LogP contribution in [0.25, 0.3) is 0 Å². The Labute approximate surface area is 174 Å². The summed E-state index contributed by atoms with van der Waals surface area (Å²) in [6.45, 7) is 2.67. The number of rotatable bonds is 7. The smallest absolute Gasteiger partial charge is 0.308 e. The fourth-order valence-corrected chi connectivity index (χ4v) is 4.50. The van der Waals surface area contributed by atoms with E-state index in [9.17, 15) is 28.7 Å². The van der Waals surface area contributed by atoms with Gasteiger partial charge < -0.3 is 20.3 Å². The van der Waals surface area contributed by atoms with Crippen LogP contribution < -0.4 is 10.6 Å². The molecule has 0 bridgehead atoms. The van der Waals surface area contributed by atoms with Crippen molar-refractivity contribution in [3.05, 3.63) is 23.5 Å². The van der Waals surface area contributed by atoms with Gasteiger partial charge in [-0.1, -0.05) is 20.3 Å². The fraction of sp³-hybridized carbons (Fsp3) is 0.619. The van der Waals surface area contributed by atoms with E-state index in [2.05, 4.69) is 10.6 Å². The summed E-state index contributed by atoms with van der Waals surface area (Å²) in [6.07, 6.45) is 3.49. The van der Waals surface area contributed by atoms with Crippen LogP contribution in [-0.2, 0) is 32.1 Å². The van der Waals surface area contributed by atoms with E-state index in [1.165, 1.54) is 0 Å². The van der Waals surface area contributed by atoms with Crippen molar-refractivity contribution >= 4 is 23.6 Å². The highest BCUT2D eigenvalue weighted by molar-refractivity contribution is 5.92. The predicted molar refractivity (Wildman–Crippen MR) is 106 cm³/mol. The zero-order valence-corrected chi connectivity index (χ0v) is 17.2. The fourth-order valence-electron chi connectivity index (χ4n) is 4.50. The number of carbonyl (C=O) groups excluding carboxylic acids is 3. The van der Waals surface area contributed by atoms with Crippen molar-refractivity contribution in [3.63, 3.8) is 0 Å². The monoisotopic (exact) mass is 421 g/mol. The van der Waals surface area contributed by atoms with Gasteiger partial charge in [-0.15, -0.1) is 0 Å². The number of aryl methyl sites for hydroxylation is 1. The van der Waals surface area contributed by atoms with Gasteiger partial charge in [0, 0.05) is 30.9 Å². The molecule has 9 heteroatoms. The third-order valence-electron chi connectivity index (χ3n) is 6.34. The van der Waals surface area contributed by atoms with Crippen LogP contribution in [0.5, 0.6) is 0 Å². The Morgan fingerprint density at radius 2 is 2.10 bits per heavy atom. The van der Waals surface area contributed by atoms with Crippen LogP contribution >= 0.6 is 0 Å². The molecule has 0 spiro atoms. The van der Waals surface area contributed by atoms with E-state index in [0.717, 1.165) is 11.3 Å². The van der Waals surface area contributed by atoms with Crippen molar-refractivity contribution in [1.29, 1.82) is 0 Å². The number of nitrogens with zero attached hydrogens (tertiary/aromatic N) is 1. The van der Waals surface area contributed by atoms with E-state index >= 15 is 0 Å². The molecule has 2 amide bonds. The number of carboxylic acids is 1. The Balaban J connectivity index is 1.86. The maximum atomic E-state index is 13.0. The van der Waals surface area contributed by atoms with Crippen LogP contribution in [0, 0.1) is 11.8 Å². The van der Waals surface area contributed by atoms with Crippen LogP contribution in [0.4, 0.5) is 4.39 Å². The highest BCUT2D eigenvalue weighted by atomic mass is 19.1. The van der Waals surface area contributed by atoms with Crippen LogP contribution in [0.15, 0.2) is 12.3 Å². The lowest BCUT2D eigenvalue weighted by molar-refractivity contribution is -0.144. The lowest BCUT2D eigenvalue weighted by Crippen LogP contribution is -2.55. The van der Waals surface area contributed by atoms with Gasteiger partial charge in [0.2, 0.25) is 5.91 Å². The highest BCUT2D eigenvalue weighted by Gasteiger charge is 2.42. The Kier molecular flexibility index (Phi) is 6.58. The number of hydrogen-bond donors (Lipinski definition) is 3. The number of nitrogens with one attached hydrogen (secondary N) is 2. The minimum absolute atomic E-state index is 0.0964. The molecule has 0 radical (unpaired) electrons. The van der Waals surface area contributed by atoms with Crippen molar-refractivity contribution in [1.82, 2.24) is 15.2 Å². The van der Waals surface area contributed by atoms with Gasteiger partial charge in [0.05, 0.1) is 11.8 Å². The number of amides is 2. The van der Waals surface area contributed by atoms with Crippen molar-refractivity contribution in [2.24, 2.45) is 11.8 Å². The van der Waals surface area contributed by atoms with E-state index < -0.39 is 48.4 Å². The lowest BCUT2D eigenvalue weighted by atomic mass is 9.79. The molecule has 0 aromatic carbocycles. The van der Waals surface area contributed by atoms with Gasteiger partial charge in [-0.05, 0) is 30.4 Å². The summed E-state index contributed by atoms with van der Waals surface area (Å²) in [5, 5.41) is 14.8. The number of carbonyl (C=O) groups is 4. The van der Waals surface area contributed by atoms with Crippen molar-refractivity contribution in [2.75, 3.05) is 6.67 Å². The van der Waals surface area contributed by atoms with Gasteiger partial charge in [-0.2, -0.15) is 0 Å². The topological polar surface area (TPSA) is 118 Å². The largest absolute Gasteiger partial charge is 0.481 e. The summed E-state index contributed by atoms with van der Waals surface area (Å²) in [5.41, 5.74) is 1.77. The normalized spacial score (nSPS) is 24.9. The number of carboxylic acid groups (broad SMARTS) is 1. The van der Waals surface area contributed by atoms with Crippen LogP contribution in [0.3, 0.4) is 0 Å². The Morgan fingerprint density at radius 3 is 2.73 bits per heavy atom. The molecule has 1 aromatic heterocycles. The van der Waals surface area contributed by atoms with Gasteiger partial charge in [0.15, 0.2) is 6.67 Å². The third-order valence-corrected chi connectivity index (χ3v) is 6.34. The highest BCUT2D eigenvalue weighted by Crippen LogP contribution is 2.38. The van der Waals surface area contributed by atoms with E-state index in [1.807, 2.05) is 17.6 Å². The number of ketones is 1. The third kappa shape index (κ3) is 4.24. The molecule has 0 saturated carbocycles. The zero-order chi connectivity index (χ0) is 22.0. The molecule has 8 nitrogen and oxygen atoms in total. The molecule has 1 aromatic rings. The second-order valence-electron chi connectivity index (χ2n) is 8.28. The van der Waals surface area contributed by atoms with Crippen LogP contribution in [0.1, 0.15) is 50.3 Å². The summed E-state index contributed by atoms with van der Waals surface area (Å²) >= 11 is 0. The molecule has 0 fully saturated rings. The average molecular weight is 421 g/mol. The van der Waals surface area contributed by atoms with Crippen LogP contribution in [-0.4, -0.2) is 52.0 Å². The van der Waals surface area contributed by atoms with Gasteiger partial charge in [-0.25, -0.2) is 4.39 Å². The number of aliphatic carboxylic acids is 1. The minimum atomic E-state index is -1.21. The number of halogens is 1. The number of aromatic nitrogens is 1. The summed E-state index contributed by atoms with van der Waals surface area (Å²) in [6, 6.07) is 0.494. The molecule has 1 aliphatic heterocycles. The van der Waals surface area contributed by atoms with Gasteiger partial charge in [0.25, 0.3) is 5.91 Å². The minimum Gasteiger partial charge on any atom is -0.481 e. The first-order valence-electron chi connectivity index (χ1n) is 10.4. The molecular weight excluding hydrogens is 393 g/mol. The maximum Gasteiger partial charge on any atom is 0.308 e. The summed E-state index contributed by atoms with van der Waals surface area (Å²) < 4.78 is 14.5. The molecule has 3 rings (SSSR count). The van der Waals surface area contributed by atoms with Gasteiger partial charge in [0.1, 0.15) is 11.8 Å². The Bertz CT molecular complexity index is 852. The average Bonchev–Trinajstić information content (AvgIpc) is 3.05. The zero-order valence-electron chi connectivity index (χ0n) is 17.2. The number of Topliss-reactive ketones (excluding diaryl/α,β-unsaturated/α-hetero) is 1. The molecule has 5 atom stereocenters. The lowest BCUT2D eigenvalue weighted by Gasteiger charge is -2.34. The first kappa shape index (κ1) is 22.0. The van der Waals surface area contributed by atoms with E-state index in [4.69, 9.17) is 0 Å². The second-order valence-corrected chi connectivity index (χ2v) is 8.28. The van der Waals surface area contributed by atoms with Crippen molar-refractivity contribution in [3.8, 4) is 0 Å². The van der Waals surface area contributed by atoms with Crippen LogP contribution in [0.2, 0.25) is 0 Å². The van der Waals surface area contributed by atoms with Gasteiger partial charge >= 0.3 is 5.97 Å². The summed E-state index contributed by atoms with van der Waals surface area (Å²) in [7, 11) is 0. The van der Waals surface area contributed by atoms with E-state index in [0.29, 0.717) is 19.3 Å². The molecule has 3 unspecified atom stereocenters. The first-order valence-corrected chi connectivity index (χ1v) is 10.4. The quantitative estimate of drug-likeness (QED) is 0.611. The summed E-state index contributed by atoms with van der Waals surface area (Å²) in [5.74, 6) is -4.20. The number of hydrogen-bond acceptors (Lipinski definition) is 4. The second kappa shape index (κ2) is 8.97. The Morgan fingerprint density at radius 1 is 1.37 bits per heavy atom. The molecule has 2 aliphatic rings. The molecule has 2 heterocycles. The van der Waals surface area contributed by atoms with Gasteiger partial charge in [-0.3, -0.25) is 19.2 Å². The molecule has 3 N–H and O–H groups in total. The van der Waals surface area contributed by atoms with Crippen molar-refractivity contribution in [2.45, 2.75) is 64.1 Å². The SMILES string of the molecule is CCC(C)C(NC(=O)CF)C(=O)N[C@H]1CCc2ccn3c2C1C(=O)C[C@H](C(=O)O)C3. The van der Waals surface area contributed by atoms with Crippen molar-refractivity contribution < 1.29 is 28.7 Å². The standard InChI is InChI=1S/C21H28FN3O5/c1-3-11(2)18(24-16(27)9-22)20(28)23-14-5-4-12-6-7-25-10-13(21(29)30)8-15(26)17(14)19(12)25/h6-7,11,13-14,17-18H,3-5,8-10H2,1-2H3,(H,23,28)(H,24,27)(H,29,30)/t11?,13-,14-,17?,18?/m0/s1. The van der Waals surface area contributed by atoms with E-state index in [-0.39, 0.29) is 24.7 Å². The molecule has 164 valence electrons. The predicted octanol–water partition coefficient (Wildman–Crippen LogP) is 1.18. The molecule has 0 saturated heterocycles. The van der Waals surface area contributed by atoms with E-state index in [1.54, 1.807) is 13.1 Å². The molecule has 1 aliphatic carbocycles. The summed E-state index contributed by atoms with van der Waals surface area (Å²) in [4.78, 5) is 49.1. The Hall–Kier alpha value is -2.71.